The van der Waals surface area contributed by atoms with Gasteiger partial charge in [0, 0.05) is 12.4 Å². The number of hydrogen-bond acceptors (Lipinski definition) is 7. The molecule has 0 fully saturated rings. The number of amidine groups is 1. The molecule has 0 aliphatic heterocycles. The highest BCUT2D eigenvalue weighted by Crippen LogP contribution is 2.38. The van der Waals surface area contributed by atoms with Gasteiger partial charge in [0.2, 0.25) is 9.84 Å². The third-order valence-electron chi connectivity index (χ3n) is 4.47. The van der Waals surface area contributed by atoms with Crippen molar-refractivity contribution in [2.45, 2.75) is 47.3 Å². The summed E-state index contributed by atoms with van der Waals surface area (Å²) >= 11 is 2.46. The van der Waals surface area contributed by atoms with E-state index in [-0.39, 0.29) is 15.6 Å². The van der Waals surface area contributed by atoms with Gasteiger partial charge in [-0.1, -0.05) is 12.1 Å². The highest BCUT2D eigenvalue weighted by Gasteiger charge is 2.26. The third-order valence-corrected chi connectivity index (χ3v) is 8.80. The molecular formula is C23H25N3O4S3. The summed E-state index contributed by atoms with van der Waals surface area (Å²) in [6, 6.07) is 10.1. The van der Waals surface area contributed by atoms with E-state index in [0.717, 1.165) is 28.0 Å². The van der Waals surface area contributed by atoms with Gasteiger partial charge < -0.3 is 10.5 Å². The molecule has 0 saturated heterocycles. The number of hydrogen-bond donors (Lipinski definition) is 1. The Morgan fingerprint density at radius 3 is 2.58 bits per heavy atom. The molecule has 10 heteroatoms. The van der Waals surface area contributed by atoms with E-state index in [2.05, 4.69) is 9.98 Å². The second kappa shape index (κ2) is 9.66. The second-order valence-corrected chi connectivity index (χ2v) is 12.2. The van der Waals surface area contributed by atoms with Crippen LogP contribution in [0.5, 0.6) is 0 Å². The average molecular weight is 504 g/mol. The Bertz CT molecular complexity index is 1320. The van der Waals surface area contributed by atoms with Crippen LogP contribution >= 0.6 is 23.1 Å². The van der Waals surface area contributed by atoms with Gasteiger partial charge in [0.05, 0.1) is 18.9 Å². The van der Waals surface area contributed by atoms with Gasteiger partial charge in [-0.2, -0.15) is 4.99 Å². The lowest BCUT2D eigenvalue weighted by atomic mass is 10.0. The van der Waals surface area contributed by atoms with E-state index in [0.29, 0.717) is 9.09 Å². The molecule has 2 N–H and O–H groups in total. The topological polar surface area (TPSA) is 112 Å². The number of aliphatic imine (C=N–C) groups is 1. The fourth-order valence-corrected chi connectivity index (χ4v) is 6.95. The van der Waals surface area contributed by atoms with Gasteiger partial charge in [-0.05, 0) is 74.9 Å². The van der Waals surface area contributed by atoms with Gasteiger partial charge in [-0.3, -0.25) is 4.98 Å². The largest absolute Gasteiger partial charge is 0.442 e. The Hall–Kier alpha value is -2.69. The zero-order valence-corrected chi connectivity index (χ0v) is 21.4. The molecule has 0 aliphatic carbocycles. The molecule has 33 heavy (non-hydrogen) atoms. The van der Waals surface area contributed by atoms with E-state index >= 15 is 0 Å². The summed E-state index contributed by atoms with van der Waals surface area (Å²) in [4.78, 5) is 20.5. The maximum absolute atomic E-state index is 13.5. The molecular weight excluding hydrogens is 478 g/mol. The van der Waals surface area contributed by atoms with Crippen LogP contribution < -0.4 is 5.73 Å². The number of aromatic nitrogens is 1. The summed E-state index contributed by atoms with van der Waals surface area (Å²) in [7, 11) is -3.85. The molecule has 2 heterocycles. The molecule has 7 nitrogen and oxygen atoms in total. The van der Waals surface area contributed by atoms with Gasteiger partial charge in [0.25, 0.3) is 0 Å². The Labute approximate surface area is 202 Å². The summed E-state index contributed by atoms with van der Waals surface area (Å²) in [5.74, 6) is -0.0906. The van der Waals surface area contributed by atoms with Gasteiger partial charge in [0.15, 0.2) is 0 Å². The quantitative estimate of drug-likeness (QED) is 0.285. The number of ether oxygens (including phenoxy) is 1. The lowest BCUT2D eigenvalue weighted by Crippen LogP contribution is -2.24. The highest BCUT2D eigenvalue weighted by molar-refractivity contribution is 8.01. The van der Waals surface area contributed by atoms with Crippen molar-refractivity contribution in [3.05, 3.63) is 59.2 Å². The van der Waals surface area contributed by atoms with E-state index < -0.39 is 21.5 Å². The third kappa shape index (κ3) is 5.82. The molecule has 0 aliphatic rings. The minimum atomic E-state index is -3.85. The van der Waals surface area contributed by atoms with Crippen molar-refractivity contribution in [3.63, 3.8) is 0 Å². The molecule has 0 radical (unpaired) electrons. The number of thioether (sulfide) groups is 1. The van der Waals surface area contributed by atoms with E-state index in [1.807, 2.05) is 19.1 Å². The first-order chi connectivity index (χ1) is 15.4. The average Bonchev–Trinajstić information content (AvgIpc) is 3.18. The number of carbonyl (C=O) groups is 1. The molecule has 0 unspecified atom stereocenters. The summed E-state index contributed by atoms with van der Waals surface area (Å²) in [6.45, 7) is 7.09. The van der Waals surface area contributed by atoms with Crippen molar-refractivity contribution in [1.29, 1.82) is 0 Å². The number of aryl methyl sites for hydroxylation is 1. The van der Waals surface area contributed by atoms with Crippen LogP contribution in [0.3, 0.4) is 0 Å². The monoisotopic (exact) mass is 503 g/mol. The lowest BCUT2D eigenvalue weighted by Gasteiger charge is -2.17. The minimum absolute atomic E-state index is 0.0906. The number of benzene rings is 1. The molecule has 1 aromatic carbocycles. The van der Waals surface area contributed by atoms with Crippen molar-refractivity contribution >= 4 is 44.9 Å². The zero-order valence-electron chi connectivity index (χ0n) is 18.9. The van der Waals surface area contributed by atoms with Crippen molar-refractivity contribution in [2.75, 3.05) is 6.26 Å². The molecule has 2 aromatic heterocycles. The summed E-state index contributed by atoms with van der Waals surface area (Å²) in [5, 5.41) is 0. The standard InChI is InChI=1S/C23H25N3O4S3/c1-14-13-25-10-9-17(14)15-7-6-8-16(11-15)33(28,29)19-12-18(32-21(19)31-5)20(24)26-22(27)30-23(2,3)4/h6-13H,1-5H3,(H2,24,26,27). The van der Waals surface area contributed by atoms with E-state index in [1.54, 1.807) is 57.6 Å². The molecule has 3 rings (SSSR count). The summed E-state index contributed by atoms with van der Waals surface area (Å²) < 4.78 is 32.8. The maximum Gasteiger partial charge on any atom is 0.436 e. The Morgan fingerprint density at radius 2 is 1.94 bits per heavy atom. The molecule has 3 aromatic rings. The van der Waals surface area contributed by atoms with Crippen molar-refractivity contribution < 1.29 is 17.9 Å². The Balaban J connectivity index is 2.01. The van der Waals surface area contributed by atoms with Crippen LogP contribution in [0.4, 0.5) is 4.79 Å². The predicted molar refractivity (Wildman–Crippen MR) is 133 cm³/mol. The van der Waals surface area contributed by atoms with Crippen molar-refractivity contribution in [2.24, 2.45) is 10.7 Å². The van der Waals surface area contributed by atoms with Crippen LogP contribution in [0.1, 0.15) is 31.2 Å². The van der Waals surface area contributed by atoms with Crippen molar-refractivity contribution in [3.8, 4) is 11.1 Å². The number of pyridine rings is 1. The minimum Gasteiger partial charge on any atom is -0.442 e. The fourth-order valence-electron chi connectivity index (χ4n) is 3.01. The fraction of sp³-hybridized carbons (Fsp3) is 0.261. The van der Waals surface area contributed by atoms with Crippen LogP contribution in [-0.2, 0) is 14.6 Å². The predicted octanol–water partition coefficient (Wildman–Crippen LogP) is 5.31. The molecule has 0 spiro atoms. The maximum atomic E-state index is 13.5. The smallest absolute Gasteiger partial charge is 0.436 e. The van der Waals surface area contributed by atoms with Gasteiger partial charge >= 0.3 is 6.09 Å². The summed E-state index contributed by atoms with van der Waals surface area (Å²) in [5.41, 5.74) is 7.92. The number of nitrogens with zero attached hydrogens (tertiary/aromatic N) is 2. The second-order valence-electron chi connectivity index (χ2n) is 8.17. The zero-order chi connectivity index (χ0) is 24.4. The number of amides is 1. The molecule has 1 amide bonds. The Morgan fingerprint density at radius 1 is 1.21 bits per heavy atom. The normalized spacial score (nSPS) is 12.6. The van der Waals surface area contributed by atoms with Gasteiger partial charge in [-0.25, -0.2) is 13.2 Å². The molecule has 0 saturated carbocycles. The number of sulfone groups is 1. The van der Waals surface area contributed by atoms with Crippen LogP contribution in [0.25, 0.3) is 11.1 Å². The number of rotatable bonds is 5. The number of carbonyl (C=O) groups excluding carboxylic acids is 1. The molecule has 174 valence electrons. The first-order valence-electron chi connectivity index (χ1n) is 9.94. The number of nitrogens with two attached hydrogens (primary N) is 1. The molecule has 0 atom stereocenters. The van der Waals surface area contributed by atoms with Crippen molar-refractivity contribution in [1.82, 2.24) is 4.98 Å². The van der Waals surface area contributed by atoms with E-state index in [4.69, 9.17) is 10.5 Å². The first-order valence-corrected chi connectivity index (χ1v) is 13.5. The van der Waals surface area contributed by atoms with Crippen LogP contribution in [0, 0.1) is 6.92 Å². The first kappa shape index (κ1) is 24.9. The Kier molecular flexibility index (Phi) is 7.30. The number of thiophene rings is 1. The molecule has 0 bridgehead atoms. The van der Waals surface area contributed by atoms with Crippen LogP contribution in [0.2, 0.25) is 0 Å². The lowest BCUT2D eigenvalue weighted by molar-refractivity contribution is 0.0604. The summed E-state index contributed by atoms with van der Waals surface area (Å²) in [6.07, 6.45) is 4.36. The van der Waals surface area contributed by atoms with E-state index in [9.17, 15) is 13.2 Å². The van der Waals surface area contributed by atoms with Gasteiger partial charge in [0.1, 0.15) is 11.4 Å². The SMILES string of the molecule is CSc1sc(C(N)=NC(=O)OC(C)(C)C)cc1S(=O)(=O)c1cccc(-c2ccncc2C)c1. The van der Waals surface area contributed by atoms with Crippen LogP contribution in [0.15, 0.2) is 67.8 Å². The van der Waals surface area contributed by atoms with Gasteiger partial charge in [-0.15, -0.1) is 23.1 Å². The highest BCUT2D eigenvalue weighted by atomic mass is 32.2. The van der Waals surface area contributed by atoms with Crippen LogP contribution in [-0.4, -0.2) is 37.2 Å². The van der Waals surface area contributed by atoms with E-state index in [1.165, 1.54) is 17.8 Å².